The van der Waals surface area contributed by atoms with Crippen LogP contribution in [0.1, 0.15) is 13.2 Å². The number of halogens is 1. The molecule has 0 radical (unpaired) electrons. The van der Waals surface area contributed by atoms with Crippen molar-refractivity contribution in [1.29, 1.82) is 0 Å². The van der Waals surface area contributed by atoms with Crippen LogP contribution in [0.15, 0.2) is 15.9 Å². The number of aromatic amines is 1. The highest BCUT2D eigenvalue weighted by molar-refractivity contribution is 7.66. The number of terminal acetylenes is 1. The van der Waals surface area contributed by atoms with E-state index in [4.69, 9.17) is 25.8 Å². The largest absolute Gasteiger partial charge is 0.490 e. The predicted octanol–water partition coefficient (Wildman–Crippen LogP) is -1.74. The Kier molecular flexibility index (Phi) is 7.50. The van der Waals surface area contributed by atoms with Crippen molar-refractivity contribution < 1.29 is 60.6 Å². The molecule has 1 aliphatic heterocycles. The van der Waals surface area contributed by atoms with Gasteiger partial charge in [0, 0.05) is 0 Å². The number of hydrogen-bond acceptors (Lipinski definition) is 11. The van der Waals surface area contributed by atoms with Gasteiger partial charge in [0.05, 0.1) is 6.10 Å². The van der Waals surface area contributed by atoms with Crippen LogP contribution in [0.4, 0.5) is 4.39 Å². The molecule has 0 aromatic carbocycles. The summed E-state index contributed by atoms with van der Waals surface area (Å²) in [6.45, 7) is 0.888. The lowest BCUT2D eigenvalue weighted by atomic mass is 9.95. The molecule has 32 heavy (non-hydrogen) atoms. The van der Waals surface area contributed by atoms with Gasteiger partial charge in [0.1, 0.15) is 18.5 Å². The van der Waals surface area contributed by atoms with Crippen molar-refractivity contribution in [2.24, 2.45) is 0 Å². The number of nitrogens with zero attached hydrogens (tertiary/aromatic N) is 2. The van der Waals surface area contributed by atoms with Crippen molar-refractivity contribution >= 4 is 23.5 Å². The lowest BCUT2D eigenvalue weighted by molar-refractivity contribution is -0.0784. The molecule has 21 heteroatoms. The number of phosphoric acid groups is 3. The number of aromatic nitrogens is 3. The molecule has 0 bridgehead atoms. The summed E-state index contributed by atoms with van der Waals surface area (Å²) in [5, 5.41) is 10.3. The predicted molar refractivity (Wildman–Crippen MR) is 96.1 cm³/mol. The van der Waals surface area contributed by atoms with Gasteiger partial charge >= 0.3 is 34.8 Å². The molecule has 1 aliphatic rings. The Morgan fingerprint density at radius 1 is 1.28 bits per heavy atom. The van der Waals surface area contributed by atoms with Gasteiger partial charge in [-0.1, -0.05) is 5.92 Å². The van der Waals surface area contributed by atoms with Crippen molar-refractivity contribution in [3.8, 4) is 12.3 Å². The van der Waals surface area contributed by atoms with Gasteiger partial charge < -0.3 is 29.4 Å². The quantitative estimate of drug-likeness (QED) is 0.163. The summed E-state index contributed by atoms with van der Waals surface area (Å²) < 4.78 is 66.2. The zero-order valence-electron chi connectivity index (χ0n) is 15.5. The van der Waals surface area contributed by atoms with Crippen LogP contribution in [0.3, 0.4) is 0 Å². The molecular formula is C11H15FN3O14P3. The average molecular weight is 525 g/mol. The zero-order valence-corrected chi connectivity index (χ0v) is 18.2. The molecule has 1 fully saturated rings. The molecule has 0 spiro atoms. The van der Waals surface area contributed by atoms with Crippen molar-refractivity contribution in [3.63, 3.8) is 0 Å². The maximum Gasteiger partial charge on any atom is 0.490 e. The second kappa shape index (κ2) is 8.99. The summed E-state index contributed by atoms with van der Waals surface area (Å²) >= 11 is 0. The molecular weight excluding hydrogens is 510 g/mol. The van der Waals surface area contributed by atoms with Gasteiger partial charge in [0.2, 0.25) is 5.67 Å². The van der Waals surface area contributed by atoms with Crippen molar-refractivity contribution in [3.05, 3.63) is 27.3 Å². The standard InChI is InChI=1S/C11H15FN3O14P3/c1-3-11(12)7(16)6(26-8(11)15-4-13-9(17)14-10(15)18)5(2)27-31(22,23)29-32(24,25)28-30(19,20)21/h1,4-8,16H,2H3,(H,22,23)(H,24,25)(H,14,17,18)(H2,19,20,21)/t5-,6+,7?,8+,11?/m0/s1. The second-order valence-electron chi connectivity index (χ2n) is 6.10. The number of alkyl halides is 1. The molecule has 2 rings (SSSR count). The van der Waals surface area contributed by atoms with Gasteiger partial charge in [-0.15, -0.1) is 6.42 Å². The fraction of sp³-hybridized carbons (Fsp3) is 0.545. The van der Waals surface area contributed by atoms with E-state index in [1.165, 1.54) is 0 Å². The topological polar surface area (TPSA) is 257 Å². The molecule has 6 N–H and O–H groups in total. The van der Waals surface area contributed by atoms with E-state index in [9.17, 15) is 33.3 Å². The van der Waals surface area contributed by atoms with E-state index in [1.807, 2.05) is 0 Å². The molecule has 0 amide bonds. The molecule has 0 saturated carbocycles. The van der Waals surface area contributed by atoms with Crippen LogP contribution in [0.2, 0.25) is 0 Å². The minimum atomic E-state index is -5.84. The van der Waals surface area contributed by atoms with E-state index in [1.54, 1.807) is 10.9 Å². The number of aliphatic hydroxyl groups is 1. The van der Waals surface area contributed by atoms with Crippen molar-refractivity contribution in [1.82, 2.24) is 14.5 Å². The number of ether oxygens (including phenoxy) is 1. The fourth-order valence-corrected chi connectivity index (χ4v) is 5.79. The van der Waals surface area contributed by atoms with Crippen molar-refractivity contribution in [2.45, 2.75) is 37.1 Å². The molecule has 2 heterocycles. The monoisotopic (exact) mass is 525 g/mol. The number of nitrogens with one attached hydrogen (secondary N) is 1. The molecule has 17 nitrogen and oxygen atoms in total. The summed E-state index contributed by atoms with van der Waals surface area (Å²) in [5.74, 6) is 1.56. The third kappa shape index (κ3) is 6.06. The van der Waals surface area contributed by atoms with E-state index >= 15 is 4.39 Å². The minimum Gasteiger partial charge on any atom is -0.386 e. The summed E-state index contributed by atoms with van der Waals surface area (Å²) in [7, 11) is -17.1. The molecule has 0 aliphatic carbocycles. The highest BCUT2D eigenvalue weighted by Crippen LogP contribution is 2.66. The van der Waals surface area contributed by atoms with E-state index in [-0.39, 0.29) is 0 Å². The van der Waals surface area contributed by atoms with Crippen LogP contribution in [-0.4, -0.2) is 63.2 Å². The zero-order chi connectivity index (χ0) is 24.7. The highest BCUT2D eigenvalue weighted by atomic mass is 31.3. The highest BCUT2D eigenvalue weighted by Gasteiger charge is 2.60. The first-order valence-electron chi connectivity index (χ1n) is 7.90. The van der Waals surface area contributed by atoms with Crippen molar-refractivity contribution in [2.75, 3.05) is 0 Å². The molecule has 4 unspecified atom stereocenters. The van der Waals surface area contributed by atoms with E-state index in [0.717, 1.165) is 6.92 Å². The summed E-state index contributed by atoms with van der Waals surface area (Å²) in [5.41, 5.74) is -5.49. The molecule has 1 saturated heterocycles. The third-order valence-electron chi connectivity index (χ3n) is 3.79. The second-order valence-corrected chi connectivity index (χ2v) is 10.5. The van der Waals surface area contributed by atoms with E-state index in [2.05, 4.69) is 18.1 Å². The normalized spacial score (nSPS) is 30.8. The number of H-pyrrole nitrogens is 1. The smallest absolute Gasteiger partial charge is 0.386 e. The Morgan fingerprint density at radius 2 is 1.88 bits per heavy atom. The van der Waals surface area contributed by atoms with E-state index in [0.29, 0.717) is 10.9 Å². The average Bonchev–Trinajstić information content (AvgIpc) is 2.84. The first kappa shape index (κ1) is 26.7. The lowest BCUT2D eigenvalue weighted by Gasteiger charge is -2.25. The Balaban J connectivity index is 2.28. The Hall–Kier alpha value is -1.57. The van der Waals surface area contributed by atoms with Gasteiger partial charge in [-0.25, -0.2) is 27.7 Å². The number of rotatable bonds is 8. The van der Waals surface area contributed by atoms with Crippen LogP contribution in [0, 0.1) is 12.3 Å². The number of phosphoric ester groups is 1. The Labute approximate surface area is 176 Å². The summed E-state index contributed by atoms with van der Waals surface area (Å²) in [6, 6.07) is 0. The maximum absolute atomic E-state index is 15.3. The van der Waals surface area contributed by atoms with Crippen LogP contribution in [-0.2, 0) is 31.6 Å². The maximum atomic E-state index is 15.3. The van der Waals surface area contributed by atoms with Crippen LogP contribution in [0.5, 0.6) is 0 Å². The van der Waals surface area contributed by atoms with Crippen LogP contribution in [0.25, 0.3) is 0 Å². The fourth-order valence-electron chi connectivity index (χ4n) is 2.59. The third-order valence-corrected chi connectivity index (χ3v) is 7.71. The molecule has 1 aromatic rings. The van der Waals surface area contributed by atoms with Crippen LogP contribution < -0.4 is 11.4 Å². The van der Waals surface area contributed by atoms with E-state index < -0.39 is 65.1 Å². The van der Waals surface area contributed by atoms with Gasteiger partial charge in [-0.3, -0.25) is 14.1 Å². The number of hydrogen-bond donors (Lipinski definition) is 6. The minimum absolute atomic E-state index is 0.377. The van der Waals surface area contributed by atoms with Crippen LogP contribution >= 0.6 is 23.5 Å². The summed E-state index contributed by atoms with van der Waals surface area (Å²) in [4.78, 5) is 63.6. The van der Waals surface area contributed by atoms with Gasteiger partial charge in [0.15, 0.2) is 6.23 Å². The SMILES string of the molecule is C#CC1(F)C(O)[C@@H]([C@H](C)OP(=O)(O)OP(=O)(O)OP(=O)(O)O)O[C@H]1n1cnc(=O)[nH]c1=O. The first-order valence-corrected chi connectivity index (χ1v) is 12.4. The lowest BCUT2D eigenvalue weighted by Crippen LogP contribution is -2.46. The Bertz CT molecular complexity index is 1170. The van der Waals surface area contributed by atoms with Gasteiger partial charge in [-0.05, 0) is 6.92 Å². The Morgan fingerprint density at radius 3 is 2.38 bits per heavy atom. The number of aliphatic hydroxyl groups excluding tert-OH is 1. The van der Waals surface area contributed by atoms with Gasteiger partial charge in [-0.2, -0.15) is 13.6 Å². The summed E-state index contributed by atoms with van der Waals surface area (Å²) in [6.07, 6.45) is -2.59. The molecule has 180 valence electrons. The molecule has 1 aromatic heterocycles. The molecule has 7 atom stereocenters. The first-order chi connectivity index (χ1) is 14.4. The van der Waals surface area contributed by atoms with Gasteiger partial charge in [0.25, 0.3) is 0 Å².